The molecule has 20 heavy (non-hydrogen) atoms. The van der Waals surface area contributed by atoms with Crippen LogP contribution in [0.3, 0.4) is 0 Å². The zero-order valence-electron chi connectivity index (χ0n) is 10.6. The van der Waals surface area contributed by atoms with Gasteiger partial charge >= 0.3 is 6.09 Å². The molecule has 1 atom stereocenters. The van der Waals surface area contributed by atoms with Gasteiger partial charge in [-0.2, -0.15) is 4.98 Å². The predicted molar refractivity (Wildman–Crippen MR) is 71.7 cm³/mol. The lowest BCUT2D eigenvalue weighted by Gasteiger charge is -2.32. The number of amides is 1. The van der Waals surface area contributed by atoms with Gasteiger partial charge in [-0.3, -0.25) is 0 Å². The molecular weight excluding hydrogens is 280 g/mol. The summed E-state index contributed by atoms with van der Waals surface area (Å²) in [7, 11) is 0. The molecule has 3 rings (SSSR count). The monoisotopic (exact) mass is 292 g/mol. The molecule has 0 saturated heterocycles. The van der Waals surface area contributed by atoms with Gasteiger partial charge in [0.2, 0.25) is 5.88 Å². The van der Waals surface area contributed by atoms with Gasteiger partial charge in [-0.25, -0.2) is 14.8 Å². The van der Waals surface area contributed by atoms with Gasteiger partial charge in [-0.15, -0.1) is 11.3 Å². The Morgan fingerprint density at radius 3 is 2.95 bits per heavy atom. The Bertz CT molecular complexity index is 659. The number of carbonyl (C=O) groups is 1. The third-order valence-corrected chi connectivity index (χ3v) is 3.97. The fourth-order valence-electron chi connectivity index (χ4n) is 2.40. The van der Waals surface area contributed by atoms with E-state index in [1.54, 1.807) is 17.8 Å². The van der Waals surface area contributed by atoms with Crippen molar-refractivity contribution < 1.29 is 15.0 Å². The highest BCUT2D eigenvalue weighted by Gasteiger charge is 2.32. The summed E-state index contributed by atoms with van der Waals surface area (Å²) in [5, 5.41) is 21.0. The largest absolute Gasteiger partial charge is 0.493 e. The van der Waals surface area contributed by atoms with Crippen LogP contribution in [0, 0.1) is 0 Å². The average Bonchev–Trinajstić information content (AvgIpc) is 2.91. The Labute approximate surface area is 118 Å². The summed E-state index contributed by atoms with van der Waals surface area (Å²) in [5.74, 6) is 0.204. The molecule has 2 aromatic rings. The molecule has 1 unspecified atom stereocenters. The molecular formula is C12H12N4O3S. The van der Waals surface area contributed by atoms with Gasteiger partial charge < -0.3 is 15.1 Å². The number of rotatable bonds is 1. The standard InChI is InChI=1S/C12H12N4O3S/c1-6-9-7(2-3-16(6)12(18)19)14-10(15-11(9)17)8-4-20-5-13-8/h4-6H,2-3H2,1H3,(H,18,19)(H,14,15,17). The van der Waals surface area contributed by atoms with Crippen molar-refractivity contribution in [2.75, 3.05) is 6.54 Å². The summed E-state index contributed by atoms with van der Waals surface area (Å²) < 4.78 is 0. The van der Waals surface area contributed by atoms with Crippen LogP contribution >= 0.6 is 11.3 Å². The highest BCUT2D eigenvalue weighted by molar-refractivity contribution is 7.07. The number of hydrogen-bond donors (Lipinski definition) is 2. The maximum atomic E-state index is 11.1. The van der Waals surface area contributed by atoms with Crippen LogP contribution in [0.25, 0.3) is 11.5 Å². The molecule has 2 aromatic heterocycles. The van der Waals surface area contributed by atoms with Gasteiger partial charge in [0.05, 0.1) is 22.8 Å². The molecule has 1 amide bonds. The maximum absolute atomic E-state index is 11.1. The van der Waals surface area contributed by atoms with Crippen molar-refractivity contribution in [3.05, 3.63) is 22.1 Å². The van der Waals surface area contributed by atoms with E-state index in [1.807, 2.05) is 0 Å². The fourth-order valence-corrected chi connectivity index (χ4v) is 2.93. The minimum absolute atomic E-state index is 0.170. The summed E-state index contributed by atoms with van der Waals surface area (Å²) in [6.07, 6.45) is -0.551. The zero-order valence-corrected chi connectivity index (χ0v) is 11.5. The molecule has 0 radical (unpaired) electrons. The van der Waals surface area contributed by atoms with E-state index in [2.05, 4.69) is 15.0 Å². The minimum atomic E-state index is -1.01. The lowest BCUT2D eigenvalue weighted by atomic mass is 9.99. The molecule has 8 heteroatoms. The second-order valence-electron chi connectivity index (χ2n) is 4.51. The molecule has 7 nitrogen and oxygen atoms in total. The van der Waals surface area contributed by atoms with Gasteiger partial charge in [0.25, 0.3) is 0 Å². The molecule has 0 bridgehead atoms. The second kappa shape index (κ2) is 4.71. The van der Waals surface area contributed by atoms with Crippen LogP contribution in [0.5, 0.6) is 5.88 Å². The van der Waals surface area contributed by atoms with Crippen LogP contribution in [-0.2, 0) is 6.42 Å². The topological polar surface area (TPSA) is 99.4 Å². The van der Waals surface area contributed by atoms with E-state index in [4.69, 9.17) is 5.11 Å². The Morgan fingerprint density at radius 2 is 2.30 bits per heavy atom. The van der Waals surface area contributed by atoms with Crippen molar-refractivity contribution in [1.29, 1.82) is 0 Å². The van der Waals surface area contributed by atoms with Crippen LogP contribution < -0.4 is 0 Å². The molecule has 1 aliphatic rings. The summed E-state index contributed by atoms with van der Waals surface area (Å²) in [6.45, 7) is 2.08. The molecule has 0 spiro atoms. The number of thiazole rings is 1. The van der Waals surface area contributed by atoms with Crippen molar-refractivity contribution >= 4 is 17.4 Å². The quantitative estimate of drug-likeness (QED) is 0.832. The van der Waals surface area contributed by atoms with Crippen molar-refractivity contribution in [1.82, 2.24) is 19.9 Å². The van der Waals surface area contributed by atoms with E-state index in [0.29, 0.717) is 35.7 Å². The van der Waals surface area contributed by atoms with Gasteiger partial charge in [0.1, 0.15) is 5.69 Å². The second-order valence-corrected chi connectivity index (χ2v) is 5.23. The first-order valence-electron chi connectivity index (χ1n) is 6.06. The molecule has 1 aliphatic heterocycles. The van der Waals surface area contributed by atoms with Crippen LogP contribution in [0.2, 0.25) is 0 Å². The number of fused-ring (bicyclic) bond motifs is 1. The normalized spacial score (nSPS) is 17.9. The van der Waals surface area contributed by atoms with Crippen molar-refractivity contribution in [2.45, 2.75) is 19.4 Å². The lowest BCUT2D eigenvalue weighted by molar-refractivity contribution is 0.123. The smallest absolute Gasteiger partial charge is 0.407 e. The fraction of sp³-hybridized carbons (Fsp3) is 0.333. The molecule has 0 aliphatic carbocycles. The van der Waals surface area contributed by atoms with Crippen LogP contribution in [-0.4, -0.2) is 42.7 Å². The molecule has 104 valence electrons. The van der Waals surface area contributed by atoms with E-state index in [1.165, 1.54) is 16.2 Å². The van der Waals surface area contributed by atoms with Crippen LogP contribution in [0.1, 0.15) is 24.2 Å². The SMILES string of the molecule is CC1c2c(O)nc(-c3cscn3)nc2CCN1C(=O)O. The Balaban J connectivity index is 2.07. The van der Waals surface area contributed by atoms with Gasteiger partial charge in [-0.1, -0.05) is 0 Å². The molecule has 0 saturated carbocycles. The number of aromatic hydroxyl groups is 1. The van der Waals surface area contributed by atoms with Gasteiger partial charge in [0.15, 0.2) is 5.82 Å². The summed E-state index contributed by atoms with van der Waals surface area (Å²) in [4.78, 5) is 25.0. The Kier molecular flexibility index (Phi) is 3.01. The average molecular weight is 292 g/mol. The summed E-state index contributed by atoms with van der Waals surface area (Å²) >= 11 is 1.42. The van der Waals surface area contributed by atoms with E-state index in [-0.39, 0.29) is 5.88 Å². The van der Waals surface area contributed by atoms with Crippen LogP contribution in [0.15, 0.2) is 10.9 Å². The first-order valence-corrected chi connectivity index (χ1v) is 7.00. The third kappa shape index (κ3) is 1.97. The highest BCUT2D eigenvalue weighted by atomic mass is 32.1. The lowest BCUT2D eigenvalue weighted by Crippen LogP contribution is -2.38. The minimum Gasteiger partial charge on any atom is -0.493 e. The van der Waals surface area contributed by atoms with E-state index >= 15 is 0 Å². The highest BCUT2D eigenvalue weighted by Crippen LogP contribution is 2.35. The summed E-state index contributed by atoms with van der Waals surface area (Å²) in [6, 6.07) is -0.458. The number of nitrogens with zero attached hydrogens (tertiary/aromatic N) is 4. The maximum Gasteiger partial charge on any atom is 0.407 e. The number of carboxylic acid groups (broad SMARTS) is 1. The van der Waals surface area contributed by atoms with Gasteiger partial charge in [0, 0.05) is 18.3 Å². The van der Waals surface area contributed by atoms with Crippen LogP contribution in [0.4, 0.5) is 4.79 Å². The van der Waals surface area contributed by atoms with Crippen molar-refractivity contribution in [3.8, 4) is 17.4 Å². The molecule has 0 aromatic carbocycles. The number of hydrogen-bond acceptors (Lipinski definition) is 6. The van der Waals surface area contributed by atoms with Crippen molar-refractivity contribution in [2.24, 2.45) is 0 Å². The van der Waals surface area contributed by atoms with E-state index in [0.717, 1.165) is 0 Å². The van der Waals surface area contributed by atoms with E-state index in [9.17, 15) is 9.90 Å². The Morgan fingerprint density at radius 1 is 1.50 bits per heavy atom. The first-order chi connectivity index (χ1) is 9.58. The van der Waals surface area contributed by atoms with E-state index < -0.39 is 12.1 Å². The predicted octanol–water partition coefficient (Wildman–Crippen LogP) is 1.90. The van der Waals surface area contributed by atoms with Crippen molar-refractivity contribution in [3.63, 3.8) is 0 Å². The molecule has 0 fully saturated rings. The molecule has 2 N–H and O–H groups in total. The summed E-state index contributed by atoms with van der Waals surface area (Å²) in [5.41, 5.74) is 3.45. The first kappa shape index (κ1) is 12.8. The zero-order chi connectivity index (χ0) is 14.3. The molecule has 3 heterocycles. The third-order valence-electron chi connectivity index (χ3n) is 3.39. The number of aromatic nitrogens is 3. The van der Waals surface area contributed by atoms with Gasteiger partial charge in [-0.05, 0) is 6.92 Å². The Hall–Kier alpha value is -2.22.